The quantitative estimate of drug-likeness (QED) is 0.899. The van der Waals surface area contributed by atoms with Crippen molar-refractivity contribution >= 4 is 22.9 Å². The molecule has 1 aromatic heterocycles. The molecule has 0 saturated carbocycles. The van der Waals surface area contributed by atoms with Crippen LogP contribution in [0.5, 0.6) is 0 Å². The lowest BCUT2D eigenvalue weighted by Gasteiger charge is -2.41. The maximum Gasteiger partial charge on any atom is 0.317 e. The van der Waals surface area contributed by atoms with Crippen LogP contribution in [0.2, 0.25) is 0 Å². The van der Waals surface area contributed by atoms with E-state index in [2.05, 4.69) is 47.7 Å². The van der Waals surface area contributed by atoms with Crippen LogP contribution in [-0.2, 0) is 0 Å². The van der Waals surface area contributed by atoms with Crippen molar-refractivity contribution in [1.29, 1.82) is 0 Å². The SMILES string of the molecule is CC(C)(CNC(=O)N1CC=C(c2cccs2)CC1)N1CCCCC1. The second-order valence-electron chi connectivity index (χ2n) is 7.42. The van der Waals surface area contributed by atoms with Crippen molar-refractivity contribution in [3.8, 4) is 0 Å². The lowest BCUT2D eigenvalue weighted by Crippen LogP contribution is -2.55. The first kappa shape index (κ1) is 17.5. The molecule has 0 bridgehead atoms. The van der Waals surface area contributed by atoms with Crippen LogP contribution in [0.4, 0.5) is 4.79 Å². The second kappa shape index (κ2) is 7.70. The predicted molar refractivity (Wildman–Crippen MR) is 101 cm³/mol. The van der Waals surface area contributed by atoms with Gasteiger partial charge in [-0.2, -0.15) is 0 Å². The summed E-state index contributed by atoms with van der Waals surface area (Å²) >= 11 is 1.78. The lowest BCUT2D eigenvalue weighted by atomic mass is 9.98. The normalized spacial score (nSPS) is 19.9. The van der Waals surface area contributed by atoms with Crippen molar-refractivity contribution in [2.75, 3.05) is 32.7 Å². The number of thiophene rings is 1. The molecule has 3 heterocycles. The van der Waals surface area contributed by atoms with Gasteiger partial charge in [-0.05, 0) is 63.2 Å². The van der Waals surface area contributed by atoms with E-state index in [0.717, 1.165) is 26.1 Å². The minimum atomic E-state index is 0.0316. The zero-order chi connectivity index (χ0) is 17.0. The summed E-state index contributed by atoms with van der Waals surface area (Å²) in [6.45, 7) is 9.01. The smallest absolute Gasteiger partial charge is 0.317 e. The number of piperidine rings is 1. The Balaban J connectivity index is 1.49. The summed E-state index contributed by atoms with van der Waals surface area (Å²) < 4.78 is 0. The molecule has 2 amide bonds. The van der Waals surface area contributed by atoms with E-state index in [4.69, 9.17) is 0 Å². The summed E-state index contributed by atoms with van der Waals surface area (Å²) in [5.74, 6) is 0. The molecule has 24 heavy (non-hydrogen) atoms. The Morgan fingerprint density at radius 1 is 1.25 bits per heavy atom. The standard InChI is InChI=1S/C19H29N3OS/c1-19(2,22-10-4-3-5-11-22)15-20-18(23)21-12-8-16(9-13-21)17-7-6-14-24-17/h6-8,14H,3-5,9-13,15H2,1-2H3,(H,20,23). The highest BCUT2D eigenvalue weighted by Crippen LogP contribution is 2.26. The Labute approximate surface area is 149 Å². The predicted octanol–water partition coefficient (Wildman–Crippen LogP) is 3.81. The lowest BCUT2D eigenvalue weighted by molar-refractivity contribution is 0.0941. The average molecular weight is 348 g/mol. The number of urea groups is 1. The van der Waals surface area contributed by atoms with Crippen molar-refractivity contribution in [2.24, 2.45) is 0 Å². The highest BCUT2D eigenvalue weighted by molar-refractivity contribution is 7.11. The van der Waals surface area contributed by atoms with Gasteiger partial charge in [-0.25, -0.2) is 4.79 Å². The van der Waals surface area contributed by atoms with Crippen molar-refractivity contribution in [1.82, 2.24) is 15.1 Å². The van der Waals surface area contributed by atoms with E-state index in [1.54, 1.807) is 11.3 Å². The van der Waals surface area contributed by atoms with Gasteiger partial charge in [0.25, 0.3) is 0 Å². The Hall–Kier alpha value is -1.33. The van der Waals surface area contributed by atoms with Crippen LogP contribution >= 0.6 is 11.3 Å². The maximum absolute atomic E-state index is 12.5. The molecule has 0 atom stereocenters. The molecule has 0 aliphatic carbocycles. The topological polar surface area (TPSA) is 35.6 Å². The van der Waals surface area contributed by atoms with Crippen LogP contribution in [0.25, 0.3) is 5.57 Å². The molecule has 0 spiro atoms. The summed E-state index contributed by atoms with van der Waals surface area (Å²) in [5, 5.41) is 5.27. The number of nitrogens with zero attached hydrogens (tertiary/aromatic N) is 2. The van der Waals surface area contributed by atoms with E-state index in [9.17, 15) is 4.79 Å². The molecule has 4 nitrogen and oxygen atoms in total. The highest BCUT2D eigenvalue weighted by Gasteiger charge is 2.29. The summed E-state index contributed by atoms with van der Waals surface area (Å²) in [5.41, 5.74) is 1.41. The van der Waals surface area contributed by atoms with Crippen molar-refractivity contribution < 1.29 is 4.79 Å². The van der Waals surface area contributed by atoms with Crippen LogP contribution in [0.3, 0.4) is 0 Å². The maximum atomic E-state index is 12.5. The molecule has 1 saturated heterocycles. The van der Waals surface area contributed by atoms with E-state index < -0.39 is 0 Å². The second-order valence-corrected chi connectivity index (χ2v) is 8.37. The molecule has 2 aliphatic rings. The number of carbonyl (C=O) groups is 1. The van der Waals surface area contributed by atoms with Gasteiger partial charge in [0.2, 0.25) is 0 Å². The number of hydrogen-bond acceptors (Lipinski definition) is 3. The Morgan fingerprint density at radius 3 is 2.67 bits per heavy atom. The van der Waals surface area contributed by atoms with E-state index in [1.165, 1.54) is 29.7 Å². The minimum absolute atomic E-state index is 0.0316. The zero-order valence-electron chi connectivity index (χ0n) is 14.9. The van der Waals surface area contributed by atoms with Crippen molar-refractivity contribution in [2.45, 2.75) is 45.1 Å². The van der Waals surface area contributed by atoms with E-state index in [0.29, 0.717) is 13.1 Å². The molecule has 2 aliphatic heterocycles. The molecule has 132 valence electrons. The molecule has 0 radical (unpaired) electrons. The first-order valence-electron chi connectivity index (χ1n) is 9.07. The fourth-order valence-electron chi connectivity index (χ4n) is 3.55. The fourth-order valence-corrected chi connectivity index (χ4v) is 4.35. The largest absolute Gasteiger partial charge is 0.336 e. The highest BCUT2D eigenvalue weighted by atomic mass is 32.1. The van der Waals surface area contributed by atoms with Gasteiger partial charge in [0.1, 0.15) is 0 Å². The molecule has 5 heteroatoms. The van der Waals surface area contributed by atoms with Crippen LogP contribution in [0, 0.1) is 0 Å². The number of amides is 2. The molecule has 1 aromatic rings. The van der Waals surface area contributed by atoms with E-state index >= 15 is 0 Å². The number of rotatable bonds is 4. The number of hydrogen-bond donors (Lipinski definition) is 1. The van der Waals surface area contributed by atoms with Crippen LogP contribution in [-0.4, -0.2) is 54.1 Å². The molecule has 3 rings (SSSR count). The van der Waals surface area contributed by atoms with Gasteiger partial charge in [-0.3, -0.25) is 4.90 Å². The molecular formula is C19H29N3OS. The van der Waals surface area contributed by atoms with Gasteiger partial charge < -0.3 is 10.2 Å². The molecular weight excluding hydrogens is 318 g/mol. The van der Waals surface area contributed by atoms with Crippen molar-refractivity contribution in [3.63, 3.8) is 0 Å². The van der Waals surface area contributed by atoms with Gasteiger partial charge in [-0.15, -0.1) is 11.3 Å². The van der Waals surface area contributed by atoms with Crippen LogP contribution < -0.4 is 5.32 Å². The average Bonchev–Trinajstić information content (AvgIpc) is 3.15. The number of likely N-dealkylation sites (tertiary alicyclic amines) is 1. The fraction of sp³-hybridized carbons (Fsp3) is 0.632. The third kappa shape index (κ3) is 4.19. The van der Waals surface area contributed by atoms with Gasteiger partial charge in [0, 0.05) is 30.1 Å². The number of nitrogens with one attached hydrogen (secondary N) is 1. The first-order valence-corrected chi connectivity index (χ1v) is 9.95. The van der Waals surface area contributed by atoms with Crippen LogP contribution in [0.15, 0.2) is 23.6 Å². The Morgan fingerprint density at radius 2 is 2.04 bits per heavy atom. The Kier molecular flexibility index (Phi) is 5.61. The number of carbonyl (C=O) groups excluding carboxylic acids is 1. The molecule has 0 aromatic carbocycles. The van der Waals surface area contributed by atoms with E-state index in [1.807, 2.05) is 4.90 Å². The third-order valence-corrected chi connectivity index (χ3v) is 6.16. The summed E-state index contributed by atoms with van der Waals surface area (Å²) in [6.07, 6.45) is 7.04. The molecule has 1 N–H and O–H groups in total. The summed E-state index contributed by atoms with van der Waals surface area (Å²) in [4.78, 5) is 18.3. The molecule has 0 unspecified atom stereocenters. The van der Waals surface area contributed by atoms with Gasteiger partial charge >= 0.3 is 6.03 Å². The summed E-state index contributed by atoms with van der Waals surface area (Å²) in [6, 6.07) is 4.32. The van der Waals surface area contributed by atoms with Crippen molar-refractivity contribution in [3.05, 3.63) is 28.5 Å². The van der Waals surface area contributed by atoms with Gasteiger partial charge in [0.15, 0.2) is 0 Å². The molecule has 1 fully saturated rings. The minimum Gasteiger partial charge on any atom is -0.336 e. The monoisotopic (exact) mass is 347 g/mol. The summed E-state index contributed by atoms with van der Waals surface area (Å²) in [7, 11) is 0. The van der Waals surface area contributed by atoms with Crippen LogP contribution in [0.1, 0.15) is 44.4 Å². The Bertz CT molecular complexity index is 573. The first-order chi connectivity index (χ1) is 11.6. The van der Waals surface area contributed by atoms with E-state index in [-0.39, 0.29) is 11.6 Å². The van der Waals surface area contributed by atoms with Gasteiger partial charge in [-0.1, -0.05) is 18.6 Å². The van der Waals surface area contributed by atoms with Gasteiger partial charge in [0.05, 0.1) is 0 Å². The zero-order valence-corrected chi connectivity index (χ0v) is 15.7. The third-order valence-electron chi connectivity index (χ3n) is 5.22.